The molecule has 0 radical (unpaired) electrons. The number of aromatic amines is 1. The van der Waals surface area contributed by atoms with E-state index in [-0.39, 0.29) is 27.6 Å². The predicted octanol–water partition coefficient (Wildman–Crippen LogP) is 7.27. The van der Waals surface area contributed by atoms with Crippen LogP contribution in [0.25, 0.3) is 10.9 Å². The van der Waals surface area contributed by atoms with Gasteiger partial charge < -0.3 is 10.3 Å². The van der Waals surface area contributed by atoms with Crippen LogP contribution in [0.15, 0.2) is 85.5 Å². The van der Waals surface area contributed by atoms with E-state index in [2.05, 4.69) is 68.8 Å². The van der Waals surface area contributed by atoms with E-state index in [4.69, 9.17) is 28.2 Å². The molecular weight excluding hydrogens is 541 g/mol. The highest BCUT2D eigenvalue weighted by molar-refractivity contribution is 6.39. The fourth-order valence-corrected chi connectivity index (χ4v) is 6.21. The first-order valence-electron chi connectivity index (χ1n) is 13.4. The van der Waals surface area contributed by atoms with Crippen molar-refractivity contribution in [2.75, 3.05) is 0 Å². The number of hydrogen-bond donors (Lipinski definition) is 2. The smallest absolute Gasteiger partial charge is 0.254 e. The van der Waals surface area contributed by atoms with Gasteiger partial charge in [0.1, 0.15) is 0 Å². The lowest BCUT2D eigenvalue weighted by atomic mass is 9.90. The van der Waals surface area contributed by atoms with Gasteiger partial charge >= 0.3 is 0 Å². The van der Waals surface area contributed by atoms with Gasteiger partial charge in [0.2, 0.25) is 0 Å². The summed E-state index contributed by atoms with van der Waals surface area (Å²) in [5, 5.41) is 4.65. The summed E-state index contributed by atoms with van der Waals surface area (Å²) in [4.78, 5) is 27.5. The third kappa shape index (κ3) is 5.61. The molecule has 2 aromatic carbocycles. The topological polar surface area (TPSA) is 73.9 Å². The number of nitrogens with one attached hydrogen (secondary N) is 2. The molecular formula is C32H29Cl2N5O. The maximum atomic E-state index is 12.8. The summed E-state index contributed by atoms with van der Waals surface area (Å²) in [6.45, 7) is 1.91. The Labute approximate surface area is 243 Å². The number of rotatable bonds is 8. The van der Waals surface area contributed by atoms with Crippen molar-refractivity contribution in [3.8, 4) is 0 Å². The Hall–Kier alpha value is -3.71. The van der Waals surface area contributed by atoms with E-state index >= 15 is 0 Å². The van der Waals surface area contributed by atoms with Gasteiger partial charge in [0.25, 0.3) is 5.91 Å². The number of aryl methyl sites for hydroxylation is 1. The van der Waals surface area contributed by atoms with Crippen molar-refractivity contribution in [2.45, 2.75) is 44.9 Å². The summed E-state index contributed by atoms with van der Waals surface area (Å²) in [7, 11) is 0. The highest BCUT2D eigenvalue weighted by Gasteiger charge is 2.28. The van der Waals surface area contributed by atoms with Crippen LogP contribution >= 0.6 is 23.2 Å². The minimum absolute atomic E-state index is 0.220. The molecule has 1 atom stereocenters. The molecule has 6 rings (SSSR count). The van der Waals surface area contributed by atoms with Gasteiger partial charge in [0.15, 0.2) is 0 Å². The molecule has 3 aromatic heterocycles. The Bertz CT molecular complexity index is 1650. The third-order valence-electron chi connectivity index (χ3n) is 7.57. The molecule has 8 heteroatoms. The fraction of sp³-hybridized carbons (Fsp3) is 0.219. The standard InChI is InChI=1S/C32H29Cl2N5O/c33-26-17-35-18-27(34)30(26)32(40)38-15-21-6-3-7-22(14-21)19-39(20-24-16-37-28-11-2-1-10-25(24)28)29-12-4-8-23-9-5-13-36-31(23)29/h1-3,5-7,9-11,13-14,16-18,29,37H,4,8,12,15,19-20H2,(H,38,40). The number of fused-ring (bicyclic) bond motifs is 2. The lowest BCUT2D eigenvalue weighted by Crippen LogP contribution is -2.31. The first kappa shape index (κ1) is 26.5. The monoisotopic (exact) mass is 569 g/mol. The van der Waals surface area contributed by atoms with Crippen LogP contribution in [0.5, 0.6) is 0 Å². The van der Waals surface area contributed by atoms with Crippen LogP contribution < -0.4 is 5.32 Å². The molecule has 0 saturated carbocycles. The Morgan fingerprint density at radius 3 is 2.70 bits per heavy atom. The van der Waals surface area contributed by atoms with Crippen LogP contribution in [0.2, 0.25) is 10.0 Å². The largest absolute Gasteiger partial charge is 0.361 e. The number of benzene rings is 2. The average Bonchev–Trinajstić information content (AvgIpc) is 3.38. The summed E-state index contributed by atoms with van der Waals surface area (Å²) in [6.07, 6.45) is 10.1. The van der Waals surface area contributed by atoms with E-state index in [1.165, 1.54) is 40.2 Å². The molecule has 1 unspecified atom stereocenters. The second-order valence-electron chi connectivity index (χ2n) is 10.2. The van der Waals surface area contributed by atoms with Gasteiger partial charge in [0.05, 0.1) is 27.3 Å². The van der Waals surface area contributed by atoms with Gasteiger partial charge in [-0.3, -0.25) is 19.7 Å². The van der Waals surface area contributed by atoms with Crippen molar-refractivity contribution in [1.82, 2.24) is 25.2 Å². The van der Waals surface area contributed by atoms with Crippen LogP contribution in [0.4, 0.5) is 0 Å². The molecule has 0 saturated heterocycles. The van der Waals surface area contributed by atoms with Gasteiger partial charge in [-0.25, -0.2) is 0 Å². The van der Waals surface area contributed by atoms with Gasteiger partial charge in [-0.2, -0.15) is 0 Å². The average molecular weight is 571 g/mol. The summed E-state index contributed by atoms with van der Waals surface area (Å²) in [6, 6.07) is 21.3. The third-order valence-corrected chi connectivity index (χ3v) is 8.14. The van der Waals surface area contributed by atoms with Crippen molar-refractivity contribution < 1.29 is 4.79 Å². The van der Waals surface area contributed by atoms with Gasteiger partial charge in [-0.15, -0.1) is 0 Å². The summed E-state index contributed by atoms with van der Waals surface area (Å²) >= 11 is 12.3. The Balaban J connectivity index is 1.25. The summed E-state index contributed by atoms with van der Waals surface area (Å²) < 4.78 is 0. The number of pyridine rings is 2. The second-order valence-corrected chi connectivity index (χ2v) is 11.0. The molecule has 2 N–H and O–H groups in total. The molecule has 0 bridgehead atoms. The highest BCUT2D eigenvalue weighted by atomic mass is 35.5. The molecule has 1 aliphatic carbocycles. The number of halogens is 2. The number of amides is 1. The lowest BCUT2D eigenvalue weighted by molar-refractivity contribution is 0.0951. The van der Waals surface area contributed by atoms with Gasteiger partial charge in [-0.05, 0) is 53.6 Å². The molecule has 202 valence electrons. The Kier molecular flexibility index (Phi) is 7.82. The predicted molar refractivity (Wildman–Crippen MR) is 159 cm³/mol. The van der Waals surface area contributed by atoms with Gasteiger partial charge in [0, 0.05) is 55.3 Å². The van der Waals surface area contributed by atoms with Gasteiger partial charge in [-0.1, -0.05) is 71.7 Å². The van der Waals surface area contributed by atoms with E-state index in [1.807, 2.05) is 24.4 Å². The molecule has 0 fully saturated rings. The van der Waals surface area contributed by atoms with E-state index in [0.29, 0.717) is 6.54 Å². The fourth-order valence-electron chi connectivity index (χ4n) is 5.67. The maximum Gasteiger partial charge on any atom is 0.254 e. The van der Waals surface area contributed by atoms with Crippen molar-refractivity contribution in [3.05, 3.63) is 129 Å². The Morgan fingerprint density at radius 1 is 1.00 bits per heavy atom. The number of nitrogens with zero attached hydrogens (tertiary/aromatic N) is 3. The molecule has 1 aliphatic rings. The zero-order chi connectivity index (χ0) is 27.5. The van der Waals surface area contributed by atoms with Crippen LogP contribution in [-0.2, 0) is 26.1 Å². The van der Waals surface area contributed by atoms with Crippen molar-refractivity contribution in [1.29, 1.82) is 0 Å². The molecule has 3 heterocycles. The summed E-state index contributed by atoms with van der Waals surface area (Å²) in [5.74, 6) is -0.325. The second kappa shape index (κ2) is 11.8. The number of aromatic nitrogens is 3. The first-order valence-corrected chi connectivity index (χ1v) is 14.2. The molecule has 6 nitrogen and oxygen atoms in total. The number of H-pyrrole nitrogens is 1. The van der Waals surface area contributed by atoms with Crippen molar-refractivity contribution >= 4 is 40.0 Å². The molecule has 0 spiro atoms. The zero-order valence-corrected chi connectivity index (χ0v) is 23.4. The van der Waals surface area contributed by atoms with Crippen LogP contribution in [-0.4, -0.2) is 25.8 Å². The number of carbonyl (C=O) groups is 1. The van der Waals surface area contributed by atoms with Crippen molar-refractivity contribution in [2.24, 2.45) is 0 Å². The number of carbonyl (C=O) groups excluding carboxylic acids is 1. The molecule has 0 aliphatic heterocycles. The van der Waals surface area contributed by atoms with Crippen LogP contribution in [0.1, 0.15) is 57.2 Å². The zero-order valence-electron chi connectivity index (χ0n) is 21.9. The summed E-state index contributed by atoms with van der Waals surface area (Å²) in [5.41, 5.74) is 7.36. The molecule has 5 aromatic rings. The number of para-hydroxylation sites is 1. The number of hydrogen-bond acceptors (Lipinski definition) is 4. The molecule has 1 amide bonds. The SMILES string of the molecule is O=C(NCc1cccc(CN(Cc2c[nH]c3ccccc23)C2CCCc3cccnc32)c1)c1c(Cl)cncc1Cl. The van der Waals surface area contributed by atoms with E-state index in [0.717, 1.165) is 43.4 Å². The van der Waals surface area contributed by atoms with Crippen molar-refractivity contribution in [3.63, 3.8) is 0 Å². The minimum Gasteiger partial charge on any atom is -0.361 e. The lowest BCUT2D eigenvalue weighted by Gasteiger charge is -2.35. The quantitative estimate of drug-likeness (QED) is 0.206. The first-order chi connectivity index (χ1) is 19.6. The Morgan fingerprint density at radius 2 is 1.82 bits per heavy atom. The van der Waals surface area contributed by atoms with E-state index < -0.39 is 0 Å². The van der Waals surface area contributed by atoms with Crippen LogP contribution in [0, 0.1) is 0 Å². The normalized spacial score (nSPS) is 14.8. The van der Waals surface area contributed by atoms with E-state index in [1.54, 1.807) is 0 Å². The van der Waals surface area contributed by atoms with Crippen LogP contribution in [0.3, 0.4) is 0 Å². The highest BCUT2D eigenvalue weighted by Crippen LogP contribution is 2.35. The minimum atomic E-state index is -0.325. The van der Waals surface area contributed by atoms with E-state index in [9.17, 15) is 4.79 Å². The maximum absolute atomic E-state index is 12.8. The molecule has 40 heavy (non-hydrogen) atoms.